The summed E-state index contributed by atoms with van der Waals surface area (Å²) in [7, 11) is 0. The second kappa shape index (κ2) is 6.89. The third-order valence-corrected chi connectivity index (χ3v) is 5.11. The van der Waals surface area contributed by atoms with Crippen LogP contribution in [0.2, 0.25) is 0 Å². The molecule has 0 aromatic heterocycles. The van der Waals surface area contributed by atoms with Gasteiger partial charge in [-0.25, -0.2) is 0 Å². The van der Waals surface area contributed by atoms with Crippen LogP contribution in [0.1, 0.15) is 23.1 Å². The predicted molar refractivity (Wildman–Crippen MR) is 97.3 cm³/mol. The summed E-state index contributed by atoms with van der Waals surface area (Å²) in [5.74, 6) is 0. The van der Waals surface area contributed by atoms with E-state index in [0.717, 1.165) is 26.2 Å². The number of ether oxygens (including phenoxy) is 1. The zero-order chi connectivity index (χ0) is 16.4. The van der Waals surface area contributed by atoms with Crippen LogP contribution < -0.4 is 5.73 Å². The van der Waals surface area contributed by atoms with Gasteiger partial charge in [-0.1, -0.05) is 60.7 Å². The van der Waals surface area contributed by atoms with Gasteiger partial charge in [0.25, 0.3) is 0 Å². The van der Waals surface area contributed by atoms with E-state index < -0.39 is 0 Å². The Morgan fingerprint density at radius 2 is 1.75 bits per heavy atom. The van der Waals surface area contributed by atoms with Gasteiger partial charge in [0.2, 0.25) is 0 Å². The lowest BCUT2D eigenvalue weighted by Gasteiger charge is -2.44. The maximum Gasteiger partial charge on any atom is 0.0658 e. The number of rotatable bonds is 4. The van der Waals surface area contributed by atoms with Crippen molar-refractivity contribution in [1.29, 1.82) is 0 Å². The molecular formula is C21H24N2O. The molecule has 2 bridgehead atoms. The molecule has 3 nitrogen and oxygen atoms in total. The summed E-state index contributed by atoms with van der Waals surface area (Å²) in [5, 5.41) is 0. The average molecular weight is 320 g/mol. The van der Waals surface area contributed by atoms with Crippen LogP contribution in [0.15, 0.2) is 60.7 Å². The van der Waals surface area contributed by atoms with Gasteiger partial charge in [0.15, 0.2) is 0 Å². The fourth-order valence-electron chi connectivity index (χ4n) is 3.77. The molecule has 4 rings (SSSR count). The zero-order valence-corrected chi connectivity index (χ0v) is 13.9. The Bertz CT molecular complexity index is 708. The number of nitrogens with zero attached hydrogens (tertiary/aromatic N) is 1. The Morgan fingerprint density at radius 3 is 2.46 bits per heavy atom. The van der Waals surface area contributed by atoms with E-state index in [1.807, 2.05) is 0 Å². The highest BCUT2D eigenvalue weighted by Gasteiger charge is 2.34. The molecule has 1 saturated heterocycles. The van der Waals surface area contributed by atoms with Crippen molar-refractivity contribution < 1.29 is 4.74 Å². The van der Waals surface area contributed by atoms with Crippen LogP contribution in [0.3, 0.4) is 0 Å². The van der Waals surface area contributed by atoms with Crippen LogP contribution >= 0.6 is 0 Å². The van der Waals surface area contributed by atoms with Crippen molar-refractivity contribution in [3.05, 3.63) is 77.4 Å². The molecule has 0 spiro atoms. The minimum Gasteiger partial charge on any atom is -0.378 e. The van der Waals surface area contributed by atoms with Gasteiger partial charge in [-0.05, 0) is 28.7 Å². The average Bonchev–Trinajstić information content (AvgIpc) is 2.62. The molecule has 0 aliphatic carbocycles. The molecule has 0 radical (unpaired) electrons. The Morgan fingerprint density at radius 1 is 0.958 bits per heavy atom. The highest BCUT2D eigenvalue weighted by Crippen LogP contribution is 2.33. The molecule has 2 aliphatic heterocycles. The molecule has 2 aromatic rings. The van der Waals surface area contributed by atoms with Gasteiger partial charge < -0.3 is 10.5 Å². The second-order valence-corrected chi connectivity index (χ2v) is 6.71. The second-order valence-electron chi connectivity index (χ2n) is 6.71. The highest BCUT2D eigenvalue weighted by molar-refractivity contribution is 5.68. The molecule has 2 N–H and O–H groups in total. The summed E-state index contributed by atoms with van der Waals surface area (Å²) in [6.07, 6.45) is 3.45. The van der Waals surface area contributed by atoms with Crippen molar-refractivity contribution in [2.75, 3.05) is 13.2 Å². The van der Waals surface area contributed by atoms with E-state index in [1.165, 1.54) is 22.3 Å². The molecule has 2 atom stereocenters. The van der Waals surface area contributed by atoms with Gasteiger partial charge in [-0.15, -0.1) is 0 Å². The molecule has 0 saturated carbocycles. The fourth-order valence-corrected chi connectivity index (χ4v) is 3.77. The van der Waals surface area contributed by atoms with Crippen molar-refractivity contribution >= 4 is 5.57 Å². The minimum atomic E-state index is 0.363. The minimum absolute atomic E-state index is 0.363. The molecule has 2 aliphatic rings. The third kappa shape index (κ3) is 3.16. The van der Waals surface area contributed by atoms with Crippen molar-refractivity contribution in [2.45, 2.75) is 31.6 Å². The number of morpholine rings is 1. The van der Waals surface area contributed by atoms with E-state index in [9.17, 15) is 0 Å². The number of hydrogen-bond acceptors (Lipinski definition) is 3. The molecule has 3 heteroatoms. The molecule has 2 heterocycles. The van der Waals surface area contributed by atoms with Gasteiger partial charge in [0.05, 0.1) is 19.3 Å². The molecule has 124 valence electrons. The lowest BCUT2D eigenvalue weighted by molar-refractivity contribution is -0.0402. The molecule has 2 unspecified atom stereocenters. The number of nitrogens with two attached hydrogens (primary N) is 1. The topological polar surface area (TPSA) is 38.5 Å². The first kappa shape index (κ1) is 15.6. The zero-order valence-electron chi connectivity index (χ0n) is 13.9. The SMILES string of the molecule is NCc1ccc(C2=CC3COCC(C2)N3Cc2ccccc2)cc1. The van der Waals surface area contributed by atoms with Crippen LogP contribution in [0.25, 0.3) is 5.57 Å². The number of benzene rings is 2. The predicted octanol–water partition coefficient (Wildman–Crippen LogP) is 3.20. The first-order chi connectivity index (χ1) is 11.8. The maximum absolute atomic E-state index is 5.82. The molecule has 0 amide bonds. The first-order valence-electron chi connectivity index (χ1n) is 8.71. The molecule has 1 fully saturated rings. The van der Waals surface area contributed by atoms with Crippen molar-refractivity contribution in [1.82, 2.24) is 4.90 Å². The fraction of sp³-hybridized carbons (Fsp3) is 0.333. The van der Waals surface area contributed by atoms with Crippen LogP contribution in [0.4, 0.5) is 0 Å². The maximum atomic E-state index is 5.82. The largest absolute Gasteiger partial charge is 0.378 e. The lowest BCUT2D eigenvalue weighted by Crippen LogP contribution is -2.53. The van der Waals surface area contributed by atoms with Gasteiger partial charge in [0.1, 0.15) is 0 Å². The van der Waals surface area contributed by atoms with Crippen molar-refractivity contribution in [3.8, 4) is 0 Å². The number of hydrogen-bond donors (Lipinski definition) is 1. The van der Waals surface area contributed by atoms with E-state index in [-0.39, 0.29) is 0 Å². The lowest BCUT2D eigenvalue weighted by atomic mass is 9.89. The summed E-state index contributed by atoms with van der Waals surface area (Å²) in [6, 6.07) is 20.2. The highest BCUT2D eigenvalue weighted by atomic mass is 16.5. The number of fused-ring (bicyclic) bond motifs is 2. The summed E-state index contributed by atoms with van der Waals surface area (Å²) >= 11 is 0. The standard InChI is InChI=1S/C21H24N2O/c22-12-16-6-8-18(9-7-16)19-10-20-14-24-15-21(11-19)23(20)13-17-4-2-1-3-5-17/h1-10,20-21H,11-15,22H2. The Balaban J connectivity index is 1.57. The Kier molecular flexibility index (Phi) is 4.48. The van der Waals surface area contributed by atoms with E-state index in [1.54, 1.807) is 0 Å². The van der Waals surface area contributed by atoms with Crippen LogP contribution in [-0.2, 0) is 17.8 Å². The van der Waals surface area contributed by atoms with Gasteiger partial charge in [-0.2, -0.15) is 0 Å². The smallest absolute Gasteiger partial charge is 0.0658 e. The normalized spacial score (nSPS) is 23.8. The van der Waals surface area contributed by atoms with E-state index >= 15 is 0 Å². The Labute approximate surface area is 143 Å². The van der Waals surface area contributed by atoms with E-state index in [4.69, 9.17) is 10.5 Å². The third-order valence-electron chi connectivity index (χ3n) is 5.11. The van der Waals surface area contributed by atoms with Gasteiger partial charge in [-0.3, -0.25) is 4.90 Å². The summed E-state index contributed by atoms with van der Waals surface area (Å²) in [6.45, 7) is 3.20. The summed E-state index contributed by atoms with van der Waals surface area (Å²) in [5.41, 5.74) is 11.0. The van der Waals surface area contributed by atoms with E-state index in [2.05, 4.69) is 65.6 Å². The Hall–Kier alpha value is -1.94. The van der Waals surface area contributed by atoms with Crippen molar-refractivity contribution in [2.24, 2.45) is 5.73 Å². The summed E-state index contributed by atoms with van der Waals surface area (Å²) < 4.78 is 5.82. The summed E-state index contributed by atoms with van der Waals surface area (Å²) in [4.78, 5) is 2.59. The quantitative estimate of drug-likeness (QED) is 0.940. The van der Waals surface area contributed by atoms with Gasteiger partial charge >= 0.3 is 0 Å². The van der Waals surface area contributed by atoms with Crippen LogP contribution in [-0.4, -0.2) is 30.2 Å². The van der Waals surface area contributed by atoms with Crippen LogP contribution in [0, 0.1) is 0 Å². The van der Waals surface area contributed by atoms with E-state index in [0.29, 0.717) is 18.6 Å². The molecule has 24 heavy (non-hydrogen) atoms. The van der Waals surface area contributed by atoms with Gasteiger partial charge in [0, 0.05) is 19.1 Å². The first-order valence-corrected chi connectivity index (χ1v) is 8.71. The van der Waals surface area contributed by atoms with Crippen molar-refractivity contribution in [3.63, 3.8) is 0 Å². The monoisotopic (exact) mass is 320 g/mol. The molecular weight excluding hydrogens is 296 g/mol. The van der Waals surface area contributed by atoms with Crippen LogP contribution in [0.5, 0.6) is 0 Å². The molecule has 2 aromatic carbocycles.